The number of sulfonamides is 1. The van der Waals surface area contributed by atoms with Crippen molar-refractivity contribution in [1.29, 1.82) is 0 Å². The molecule has 2 atom stereocenters. The molecular formula is C18H22N4O5S2. The topological polar surface area (TPSA) is 119 Å². The third-order valence-electron chi connectivity index (χ3n) is 5.15. The number of rotatable bonds is 6. The number of benzene rings is 1. The molecule has 156 valence electrons. The van der Waals surface area contributed by atoms with Crippen molar-refractivity contribution in [2.75, 3.05) is 6.54 Å². The molecule has 0 bridgehead atoms. The fourth-order valence-electron chi connectivity index (χ4n) is 3.40. The SMILES string of the molecule is C[C@H](OC(=O)[C@@H]1CCCCN1S(=O)(=O)c1cccc2nsnc12)C(=O)NC1CC1. The number of aromatic nitrogens is 2. The smallest absolute Gasteiger partial charge is 0.325 e. The molecule has 1 amide bonds. The minimum absolute atomic E-state index is 0.0305. The van der Waals surface area contributed by atoms with Gasteiger partial charge in [0.15, 0.2) is 6.10 Å². The summed E-state index contributed by atoms with van der Waals surface area (Å²) in [6.07, 6.45) is 2.58. The first-order valence-electron chi connectivity index (χ1n) is 9.62. The van der Waals surface area contributed by atoms with Crippen molar-refractivity contribution in [2.45, 2.75) is 62.1 Å². The van der Waals surface area contributed by atoms with Gasteiger partial charge in [0.1, 0.15) is 22.0 Å². The van der Waals surface area contributed by atoms with Gasteiger partial charge in [0.2, 0.25) is 10.0 Å². The fourth-order valence-corrected chi connectivity index (χ4v) is 5.80. The van der Waals surface area contributed by atoms with Gasteiger partial charge in [-0.3, -0.25) is 9.59 Å². The van der Waals surface area contributed by atoms with Crippen molar-refractivity contribution < 1.29 is 22.7 Å². The number of carbonyl (C=O) groups is 2. The second-order valence-electron chi connectivity index (χ2n) is 7.38. The molecule has 0 radical (unpaired) electrons. The largest absolute Gasteiger partial charge is 0.451 e. The highest BCUT2D eigenvalue weighted by Crippen LogP contribution is 2.30. The maximum atomic E-state index is 13.4. The Balaban J connectivity index is 1.55. The molecule has 1 saturated heterocycles. The number of nitrogens with one attached hydrogen (secondary N) is 1. The van der Waals surface area contributed by atoms with Crippen molar-refractivity contribution in [2.24, 2.45) is 0 Å². The quantitative estimate of drug-likeness (QED) is 0.678. The summed E-state index contributed by atoms with van der Waals surface area (Å²) in [5.74, 6) is -1.06. The normalized spacial score (nSPS) is 21.6. The van der Waals surface area contributed by atoms with E-state index in [2.05, 4.69) is 14.1 Å². The van der Waals surface area contributed by atoms with E-state index in [0.29, 0.717) is 30.3 Å². The maximum Gasteiger partial charge on any atom is 0.325 e. The molecule has 2 aromatic rings. The Morgan fingerprint density at radius 1 is 1.24 bits per heavy atom. The van der Waals surface area contributed by atoms with E-state index in [1.54, 1.807) is 12.1 Å². The van der Waals surface area contributed by atoms with E-state index in [1.807, 2.05) is 0 Å². The van der Waals surface area contributed by atoms with E-state index in [-0.39, 0.29) is 23.4 Å². The number of hydrogen-bond donors (Lipinski definition) is 1. The summed E-state index contributed by atoms with van der Waals surface area (Å²) in [5, 5.41) is 2.78. The van der Waals surface area contributed by atoms with Crippen LogP contribution in [0.25, 0.3) is 11.0 Å². The first-order valence-corrected chi connectivity index (χ1v) is 11.8. The van der Waals surface area contributed by atoms with Gasteiger partial charge in [-0.25, -0.2) is 8.42 Å². The van der Waals surface area contributed by atoms with E-state index in [1.165, 1.54) is 17.3 Å². The van der Waals surface area contributed by atoms with Crippen molar-refractivity contribution >= 4 is 44.7 Å². The van der Waals surface area contributed by atoms with E-state index in [4.69, 9.17) is 4.74 Å². The van der Waals surface area contributed by atoms with Crippen molar-refractivity contribution in [1.82, 2.24) is 18.4 Å². The first-order chi connectivity index (χ1) is 13.9. The van der Waals surface area contributed by atoms with Crippen molar-refractivity contribution in [3.63, 3.8) is 0 Å². The molecule has 9 nitrogen and oxygen atoms in total. The Kier molecular flexibility index (Phi) is 5.54. The van der Waals surface area contributed by atoms with Gasteiger partial charge in [0.25, 0.3) is 5.91 Å². The summed E-state index contributed by atoms with van der Waals surface area (Å²) in [6.45, 7) is 1.71. The van der Waals surface area contributed by atoms with Crippen LogP contribution in [0.5, 0.6) is 0 Å². The van der Waals surface area contributed by atoms with Crippen LogP contribution in [0.1, 0.15) is 39.0 Å². The number of esters is 1. The van der Waals surface area contributed by atoms with Gasteiger partial charge in [-0.1, -0.05) is 6.07 Å². The molecule has 11 heteroatoms. The third-order valence-corrected chi connectivity index (χ3v) is 7.63. The third kappa shape index (κ3) is 4.12. The molecule has 2 fully saturated rings. The van der Waals surface area contributed by atoms with Gasteiger partial charge in [-0.05, 0) is 51.2 Å². The van der Waals surface area contributed by atoms with Gasteiger partial charge >= 0.3 is 5.97 Å². The molecule has 29 heavy (non-hydrogen) atoms. The molecule has 1 aliphatic carbocycles. The zero-order valence-corrected chi connectivity index (χ0v) is 17.5. The van der Waals surface area contributed by atoms with E-state index < -0.39 is 28.1 Å². The van der Waals surface area contributed by atoms with Crippen LogP contribution < -0.4 is 5.32 Å². The molecule has 2 heterocycles. The number of hydrogen-bond acceptors (Lipinski definition) is 8. The number of fused-ring (bicyclic) bond motifs is 1. The predicted molar refractivity (Wildman–Crippen MR) is 106 cm³/mol. The Hall–Kier alpha value is -2.11. The number of amides is 1. The Morgan fingerprint density at radius 3 is 2.79 bits per heavy atom. The van der Waals surface area contributed by atoms with Crippen LogP contribution in [0, 0.1) is 0 Å². The van der Waals surface area contributed by atoms with Crippen molar-refractivity contribution in [3.8, 4) is 0 Å². The van der Waals surface area contributed by atoms with Gasteiger partial charge in [-0.2, -0.15) is 13.1 Å². The number of ether oxygens (including phenoxy) is 1. The second kappa shape index (κ2) is 7.96. The highest BCUT2D eigenvalue weighted by molar-refractivity contribution is 7.89. The molecule has 0 unspecified atom stereocenters. The summed E-state index contributed by atoms with van der Waals surface area (Å²) in [5.41, 5.74) is 0.796. The van der Waals surface area contributed by atoms with Gasteiger partial charge in [0, 0.05) is 12.6 Å². The second-order valence-corrected chi connectivity index (χ2v) is 9.76. The zero-order chi connectivity index (χ0) is 20.6. The average molecular weight is 439 g/mol. The molecule has 1 aromatic heterocycles. The standard InChI is InChI=1S/C18H22N4O5S2/c1-11(17(23)19-12-8-9-12)27-18(24)14-6-2-3-10-22(14)29(25,26)15-7-4-5-13-16(15)21-28-20-13/h4-5,7,11-12,14H,2-3,6,8-10H2,1H3,(H,19,23)/t11-,14-/m0/s1. The number of nitrogens with zero attached hydrogens (tertiary/aromatic N) is 3. The first kappa shape index (κ1) is 20.2. The highest BCUT2D eigenvalue weighted by Gasteiger charge is 2.40. The maximum absolute atomic E-state index is 13.4. The highest BCUT2D eigenvalue weighted by atomic mass is 32.2. The molecule has 1 saturated carbocycles. The number of piperidine rings is 1. The summed E-state index contributed by atoms with van der Waals surface area (Å²) in [7, 11) is -3.98. The average Bonchev–Trinajstić information content (AvgIpc) is 3.39. The lowest BCUT2D eigenvalue weighted by molar-refractivity contribution is -0.159. The van der Waals surface area contributed by atoms with Crippen LogP contribution in [0.4, 0.5) is 0 Å². The fraction of sp³-hybridized carbons (Fsp3) is 0.556. The lowest BCUT2D eigenvalue weighted by atomic mass is 10.1. The van der Waals surface area contributed by atoms with Gasteiger partial charge in [-0.15, -0.1) is 0 Å². The van der Waals surface area contributed by atoms with Crippen LogP contribution in [0.3, 0.4) is 0 Å². The van der Waals surface area contributed by atoms with Crippen LogP contribution in [-0.2, 0) is 24.3 Å². The minimum atomic E-state index is -3.98. The predicted octanol–water partition coefficient (Wildman–Crippen LogP) is 1.44. The molecule has 1 aliphatic heterocycles. The number of carbonyl (C=O) groups excluding carboxylic acids is 2. The summed E-state index contributed by atoms with van der Waals surface area (Å²) >= 11 is 0.939. The van der Waals surface area contributed by atoms with Gasteiger partial charge < -0.3 is 10.1 Å². The Bertz CT molecular complexity index is 1030. The van der Waals surface area contributed by atoms with Crippen LogP contribution in [0.15, 0.2) is 23.1 Å². The lowest BCUT2D eigenvalue weighted by Gasteiger charge is -2.33. The monoisotopic (exact) mass is 438 g/mol. The van der Waals surface area contributed by atoms with Crippen LogP contribution in [-0.4, -0.2) is 58.1 Å². The van der Waals surface area contributed by atoms with E-state index in [9.17, 15) is 18.0 Å². The van der Waals surface area contributed by atoms with Gasteiger partial charge in [0.05, 0.1) is 11.7 Å². The molecule has 1 aromatic carbocycles. The van der Waals surface area contributed by atoms with Crippen LogP contribution >= 0.6 is 11.7 Å². The molecule has 2 aliphatic rings. The molecule has 1 N–H and O–H groups in total. The lowest BCUT2D eigenvalue weighted by Crippen LogP contribution is -2.50. The Morgan fingerprint density at radius 2 is 2.03 bits per heavy atom. The zero-order valence-electron chi connectivity index (χ0n) is 15.9. The van der Waals surface area contributed by atoms with Crippen molar-refractivity contribution in [3.05, 3.63) is 18.2 Å². The molecule has 0 spiro atoms. The molecular weight excluding hydrogens is 416 g/mol. The Labute approximate surface area is 172 Å². The van der Waals surface area contributed by atoms with E-state index in [0.717, 1.165) is 24.6 Å². The van der Waals surface area contributed by atoms with E-state index >= 15 is 0 Å². The summed E-state index contributed by atoms with van der Waals surface area (Å²) < 4.78 is 41.4. The summed E-state index contributed by atoms with van der Waals surface area (Å²) in [4.78, 5) is 24.9. The van der Waals surface area contributed by atoms with Crippen LogP contribution in [0.2, 0.25) is 0 Å². The minimum Gasteiger partial charge on any atom is -0.451 e. The summed E-state index contributed by atoms with van der Waals surface area (Å²) in [6, 6.07) is 3.97. The molecule has 4 rings (SSSR count).